The summed E-state index contributed by atoms with van der Waals surface area (Å²) in [7, 11) is 3.58. The van der Waals surface area contributed by atoms with Crippen LogP contribution >= 0.6 is 15.9 Å². The number of imidazole rings is 1. The van der Waals surface area contributed by atoms with Crippen molar-refractivity contribution in [3.63, 3.8) is 0 Å². The maximum atomic E-state index is 13.3. The van der Waals surface area contributed by atoms with Gasteiger partial charge in [-0.15, -0.1) is 0 Å². The predicted molar refractivity (Wildman–Crippen MR) is 76.0 cm³/mol. The molecule has 102 valence electrons. The largest absolute Gasteiger partial charge is 0.496 e. The van der Waals surface area contributed by atoms with Crippen molar-refractivity contribution in [3.8, 4) is 5.75 Å². The molecule has 0 atom stereocenters. The molecular weight excluding hydrogens is 311 g/mol. The predicted octanol–water partition coefficient (Wildman–Crippen LogP) is 3.42. The third-order valence-corrected chi connectivity index (χ3v) is 3.90. The average Bonchev–Trinajstić information content (AvgIpc) is 2.61. The molecule has 0 fully saturated rings. The second-order valence-corrected chi connectivity index (χ2v) is 5.16. The minimum atomic E-state index is -0.240. The van der Waals surface area contributed by atoms with Gasteiger partial charge in [0.25, 0.3) is 0 Å². The molecular formula is C14H16BrFN2O. The van der Waals surface area contributed by atoms with Crippen LogP contribution in [0.2, 0.25) is 0 Å². The zero-order valence-corrected chi connectivity index (χ0v) is 12.8. The molecule has 1 aromatic heterocycles. The monoisotopic (exact) mass is 326 g/mol. The highest BCUT2D eigenvalue weighted by atomic mass is 79.9. The van der Waals surface area contributed by atoms with Gasteiger partial charge < -0.3 is 9.30 Å². The fraction of sp³-hybridized carbons (Fsp3) is 0.357. The van der Waals surface area contributed by atoms with Crippen LogP contribution in [0, 0.1) is 12.7 Å². The number of nitrogens with zero attached hydrogens (tertiary/aromatic N) is 2. The standard InChI is InChI=1S/C14H16BrFN2O/c1-9-17-14(15)12(18(9)2)6-4-10-8-11(16)5-7-13(10)19-3/h5,7-8H,4,6H2,1-3H3. The number of rotatable bonds is 4. The van der Waals surface area contributed by atoms with Gasteiger partial charge in [0.05, 0.1) is 12.8 Å². The quantitative estimate of drug-likeness (QED) is 0.860. The highest BCUT2D eigenvalue weighted by Crippen LogP contribution is 2.23. The molecule has 2 rings (SSSR count). The lowest BCUT2D eigenvalue weighted by atomic mass is 10.1. The molecule has 5 heteroatoms. The SMILES string of the molecule is COc1ccc(F)cc1CCc1c(Br)nc(C)n1C. The number of ether oxygens (including phenoxy) is 1. The van der Waals surface area contributed by atoms with E-state index in [1.165, 1.54) is 12.1 Å². The van der Waals surface area contributed by atoms with Crippen LogP contribution in [0.3, 0.4) is 0 Å². The van der Waals surface area contributed by atoms with E-state index in [1.54, 1.807) is 13.2 Å². The molecule has 19 heavy (non-hydrogen) atoms. The Morgan fingerprint density at radius 3 is 2.68 bits per heavy atom. The Morgan fingerprint density at radius 1 is 1.37 bits per heavy atom. The van der Waals surface area contributed by atoms with Crippen LogP contribution in [0.1, 0.15) is 17.1 Å². The Bertz CT molecular complexity index is 595. The third kappa shape index (κ3) is 2.97. The molecule has 0 bridgehead atoms. The second-order valence-electron chi connectivity index (χ2n) is 4.41. The van der Waals surface area contributed by atoms with Gasteiger partial charge in [-0.1, -0.05) is 0 Å². The number of aryl methyl sites for hydroxylation is 2. The number of aromatic nitrogens is 2. The van der Waals surface area contributed by atoms with Crippen molar-refractivity contribution in [3.05, 3.63) is 45.7 Å². The summed E-state index contributed by atoms with van der Waals surface area (Å²) in [4.78, 5) is 4.36. The lowest BCUT2D eigenvalue weighted by Gasteiger charge is -2.09. The number of benzene rings is 1. The third-order valence-electron chi connectivity index (χ3n) is 3.26. The zero-order valence-electron chi connectivity index (χ0n) is 11.2. The summed E-state index contributed by atoms with van der Waals surface area (Å²) in [5, 5.41) is 0. The van der Waals surface area contributed by atoms with Crippen LogP contribution in [0.15, 0.2) is 22.8 Å². The van der Waals surface area contributed by atoms with Crippen LogP contribution in [-0.4, -0.2) is 16.7 Å². The topological polar surface area (TPSA) is 27.1 Å². The molecule has 0 saturated carbocycles. The van der Waals surface area contributed by atoms with Gasteiger partial charge in [-0.3, -0.25) is 0 Å². The summed E-state index contributed by atoms with van der Waals surface area (Å²) in [6.45, 7) is 1.96. The van der Waals surface area contributed by atoms with E-state index >= 15 is 0 Å². The summed E-state index contributed by atoms with van der Waals surface area (Å²) in [6, 6.07) is 4.59. The number of methoxy groups -OCH3 is 1. The molecule has 1 aromatic carbocycles. The molecule has 0 aliphatic carbocycles. The molecule has 0 amide bonds. The van der Waals surface area contributed by atoms with Gasteiger partial charge >= 0.3 is 0 Å². The first-order valence-electron chi connectivity index (χ1n) is 6.03. The van der Waals surface area contributed by atoms with Gasteiger partial charge in [0, 0.05) is 7.05 Å². The molecule has 2 aromatic rings. The van der Waals surface area contributed by atoms with Gasteiger partial charge in [-0.05, 0) is 59.5 Å². The first kappa shape index (κ1) is 14.1. The van der Waals surface area contributed by atoms with Crippen LogP contribution in [0.5, 0.6) is 5.75 Å². The normalized spacial score (nSPS) is 10.8. The van der Waals surface area contributed by atoms with E-state index < -0.39 is 0 Å². The van der Waals surface area contributed by atoms with Crippen LogP contribution in [0.4, 0.5) is 4.39 Å². The van der Waals surface area contributed by atoms with Crippen LogP contribution < -0.4 is 4.74 Å². The second kappa shape index (κ2) is 5.74. The van der Waals surface area contributed by atoms with Gasteiger partial charge in [-0.2, -0.15) is 0 Å². The van der Waals surface area contributed by atoms with Crippen molar-refractivity contribution in [1.29, 1.82) is 0 Å². The maximum Gasteiger partial charge on any atom is 0.127 e. The minimum Gasteiger partial charge on any atom is -0.496 e. The molecule has 0 saturated heterocycles. The fourth-order valence-corrected chi connectivity index (χ4v) is 2.80. The van der Waals surface area contributed by atoms with Gasteiger partial charge in [0.15, 0.2) is 0 Å². The van der Waals surface area contributed by atoms with Crippen molar-refractivity contribution in [2.24, 2.45) is 7.05 Å². The smallest absolute Gasteiger partial charge is 0.127 e. The zero-order chi connectivity index (χ0) is 14.0. The van der Waals surface area contributed by atoms with Crippen molar-refractivity contribution in [2.45, 2.75) is 19.8 Å². The molecule has 0 aliphatic heterocycles. The average molecular weight is 327 g/mol. The minimum absolute atomic E-state index is 0.240. The van der Waals surface area contributed by atoms with E-state index in [2.05, 4.69) is 20.9 Å². The Balaban J connectivity index is 2.21. The molecule has 3 nitrogen and oxygen atoms in total. The summed E-state index contributed by atoms with van der Waals surface area (Å²) >= 11 is 3.45. The van der Waals surface area contributed by atoms with Crippen molar-refractivity contribution < 1.29 is 9.13 Å². The van der Waals surface area contributed by atoms with E-state index in [-0.39, 0.29) is 5.82 Å². The Labute approximate surface area is 120 Å². The first-order chi connectivity index (χ1) is 9.02. The van der Waals surface area contributed by atoms with Crippen LogP contribution in [0.25, 0.3) is 0 Å². The van der Waals surface area contributed by atoms with Crippen molar-refractivity contribution in [1.82, 2.24) is 9.55 Å². The summed E-state index contributed by atoms with van der Waals surface area (Å²) in [5.74, 6) is 1.43. The lowest BCUT2D eigenvalue weighted by molar-refractivity contribution is 0.408. The fourth-order valence-electron chi connectivity index (χ4n) is 2.08. The molecule has 0 radical (unpaired) electrons. The molecule has 1 heterocycles. The highest BCUT2D eigenvalue weighted by molar-refractivity contribution is 9.10. The number of halogens is 2. The summed E-state index contributed by atoms with van der Waals surface area (Å²) in [6.07, 6.45) is 1.48. The van der Waals surface area contributed by atoms with Crippen LogP contribution in [-0.2, 0) is 19.9 Å². The Kier molecular flexibility index (Phi) is 4.24. The number of hydrogen-bond acceptors (Lipinski definition) is 2. The molecule has 0 N–H and O–H groups in total. The van der Waals surface area contributed by atoms with E-state index in [0.29, 0.717) is 6.42 Å². The maximum absolute atomic E-state index is 13.3. The van der Waals surface area contributed by atoms with E-state index in [4.69, 9.17) is 4.74 Å². The highest BCUT2D eigenvalue weighted by Gasteiger charge is 2.11. The first-order valence-corrected chi connectivity index (χ1v) is 6.82. The van der Waals surface area contributed by atoms with Gasteiger partial charge in [0.2, 0.25) is 0 Å². The van der Waals surface area contributed by atoms with Gasteiger partial charge in [0.1, 0.15) is 22.0 Å². The molecule has 0 aliphatic rings. The van der Waals surface area contributed by atoms with E-state index in [0.717, 1.165) is 33.9 Å². The molecule has 0 unspecified atom stereocenters. The van der Waals surface area contributed by atoms with Crippen molar-refractivity contribution in [2.75, 3.05) is 7.11 Å². The van der Waals surface area contributed by atoms with Crippen molar-refractivity contribution >= 4 is 15.9 Å². The Morgan fingerprint density at radius 2 is 2.11 bits per heavy atom. The summed E-state index contributed by atoms with van der Waals surface area (Å²) < 4.78 is 21.4. The number of hydrogen-bond donors (Lipinski definition) is 0. The lowest BCUT2D eigenvalue weighted by Crippen LogP contribution is -2.02. The van der Waals surface area contributed by atoms with E-state index in [1.807, 2.05) is 18.5 Å². The van der Waals surface area contributed by atoms with Gasteiger partial charge in [-0.25, -0.2) is 9.37 Å². The van der Waals surface area contributed by atoms with E-state index in [9.17, 15) is 4.39 Å². The Hall–Kier alpha value is -1.36. The summed E-state index contributed by atoms with van der Waals surface area (Å²) in [5.41, 5.74) is 1.97. The molecule has 0 spiro atoms.